The van der Waals surface area contributed by atoms with Gasteiger partial charge in [0.25, 0.3) is 0 Å². The Morgan fingerprint density at radius 2 is 2.00 bits per heavy atom. The number of nitrogens with one attached hydrogen (secondary N) is 1. The van der Waals surface area contributed by atoms with Crippen LogP contribution in [-0.4, -0.2) is 23.1 Å². The molecule has 0 fully saturated rings. The summed E-state index contributed by atoms with van der Waals surface area (Å²) in [6, 6.07) is 0. The third-order valence-electron chi connectivity index (χ3n) is 2.76. The summed E-state index contributed by atoms with van der Waals surface area (Å²) in [4.78, 5) is 8.52. The van der Waals surface area contributed by atoms with Crippen molar-refractivity contribution < 1.29 is 4.74 Å². The Bertz CT molecular complexity index is 366. The first-order chi connectivity index (χ1) is 8.58. The van der Waals surface area contributed by atoms with Crippen LogP contribution in [0.5, 0.6) is 5.88 Å². The van der Waals surface area contributed by atoms with E-state index in [1.54, 1.807) is 6.33 Å². The Hall–Kier alpha value is -1.32. The molecule has 0 radical (unpaired) electrons. The van der Waals surface area contributed by atoms with Gasteiger partial charge in [-0.3, -0.25) is 0 Å². The quantitative estimate of drug-likeness (QED) is 0.808. The van der Waals surface area contributed by atoms with E-state index in [4.69, 9.17) is 4.74 Å². The van der Waals surface area contributed by atoms with Crippen LogP contribution >= 0.6 is 0 Å². The first-order valence-electron chi connectivity index (χ1n) is 6.76. The van der Waals surface area contributed by atoms with Gasteiger partial charge in [0.05, 0.1) is 11.7 Å². The van der Waals surface area contributed by atoms with Crippen molar-refractivity contribution in [2.24, 2.45) is 5.92 Å². The molecule has 1 aromatic rings. The Labute approximate surface area is 110 Å². The molecule has 4 heteroatoms. The summed E-state index contributed by atoms with van der Waals surface area (Å²) in [7, 11) is 1.88. The largest absolute Gasteiger partial charge is 0.474 e. The highest BCUT2D eigenvalue weighted by atomic mass is 16.5. The van der Waals surface area contributed by atoms with Crippen LogP contribution in [0.1, 0.15) is 46.1 Å². The molecule has 18 heavy (non-hydrogen) atoms. The zero-order chi connectivity index (χ0) is 13.5. The van der Waals surface area contributed by atoms with Gasteiger partial charge in [-0.1, -0.05) is 27.2 Å². The van der Waals surface area contributed by atoms with Gasteiger partial charge in [0.1, 0.15) is 12.1 Å². The Morgan fingerprint density at radius 3 is 2.56 bits per heavy atom. The fraction of sp³-hybridized carbons (Fsp3) is 0.714. The molecule has 0 bridgehead atoms. The number of ether oxygens (including phenoxy) is 1. The van der Waals surface area contributed by atoms with E-state index >= 15 is 0 Å². The van der Waals surface area contributed by atoms with Crippen molar-refractivity contribution in [3.63, 3.8) is 0 Å². The number of hydrogen-bond donors (Lipinski definition) is 1. The van der Waals surface area contributed by atoms with Crippen molar-refractivity contribution in [3.8, 4) is 5.88 Å². The van der Waals surface area contributed by atoms with Crippen LogP contribution in [0, 0.1) is 5.92 Å². The first-order valence-corrected chi connectivity index (χ1v) is 6.76. The van der Waals surface area contributed by atoms with E-state index in [0.717, 1.165) is 36.5 Å². The van der Waals surface area contributed by atoms with E-state index in [1.165, 1.54) is 0 Å². The lowest BCUT2D eigenvalue weighted by molar-refractivity contribution is 0.183. The van der Waals surface area contributed by atoms with Crippen molar-refractivity contribution in [1.82, 2.24) is 9.97 Å². The maximum absolute atomic E-state index is 5.96. The molecule has 1 N–H and O–H groups in total. The molecule has 0 amide bonds. The van der Waals surface area contributed by atoms with Crippen LogP contribution < -0.4 is 10.1 Å². The predicted octanol–water partition coefficient (Wildman–Crippen LogP) is 3.28. The summed E-state index contributed by atoms with van der Waals surface area (Å²) in [6.07, 6.45) is 4.75. The smallest absolute Gasteiger partial charge is 0.222 e. The third kappa shape index (κ3) is 4.17. The normalized spacial score (nSPS) is 12.6. The fourth-order valence-corrected chi connectivity index (χ4v) is 2.09. The van der Waals surface area contributed by atoms with Crippen LogP contribution in [0.4, 0.5) is 5.82 Å². The van der Waals surface area contributed by atoms with Gasteiger partial charge in [-0.15, -0.1) is 0 Å². The molecule has 102 valence electrons. The molecular formula is C14H25N3O. The van der Waals surface area contributed by atoms with Gasteiger partial charge < -0.3 is 10.1 Å². The standard InChI is InChI=1S/C14H25N3O/c1-6-7-12-13(15-5)16-9-17-14(12)18-11(4)8-10(2)3/h9-11H,6-8H2,1-5H3,(H,15,16,17). The number of nitrogens with zero attached hydrogens (tertiary/aromatic N) is 2. The molecule has 0 aliphatic heterocycles. The van der Waals surface area contributed by atoms with Gasteiger partial charge in [0.15, 0.2) is 0 Å². The zero-order valence-electron chi connectivity index (χ0n) is 12.2. The lowest BCUT2D eigenvalue weighted by Crippen LogP contribution is -2.17. The van der Waals surface area contributed by atoms with Gasteiger partial charge in [-0.25, -0.2) is 9.97 Å². The molecule has 0 saturated carbocycles. The number of rotatable bonds is 7. The predicted molar refractivity (Wildman–Crippen MR) is 75.1 cm³/mol. The molecule has 0 aromatic carbocycles. The van der Waals surface area contributed by atoms with Crippen molar-refractivity contribution in [3.05, 3.63) is 11.9 Å². The van der Waals surface area contributed by atoms with E-state index in [0.29, 0.717) is 5.92 Å². The van der Waals surface area contributed by atoms with Gasteiger partial charge in [0.2, 0.25) is 5.88 Å². The lowest BCUT2D eigenvalue weighted by atomic mass is 10.1. The van der Waals surface area contributed by atoms with E-state index in [2.05, 4.69) is 43.0 Å². The lowest BCUT2D eigenvalue weighted by Gasteiger charge is -2.19. The second kappa shape index (κ2) is 7.19. The van der Waals surface area contributed by atoms with Gasteiger partial charge in [-0.2, -0.15) is 0 Å². The van der Waals surface area contributed by atoms with Crippen molar-refractivity contribution >= 4 is 5.82 Å². The summed E-state index contributed by atoms with van der Waals surface area (Å²) < 4.78 is 5.96. The maximum atomic E-state index is 5.96. The van der Waals surface area contributed by atoms with Crippen LogP contribution in [0.3, 0.4) is 0 Å². The monoisotopic (exact) mass is 251 g/mol. The topological polar surface area (TPSA) is 47.0 Å². The Morgan fingerprint density at radius 1 is 1.28 bits per heavy atom. The van der Waals surface area contributed by atoms with E-state index in [9.17, 15) is 0 Å². The Kier molecular flexibility index (Phi) is 5.89. The fourth-order valence-electron chi connectivity index (χ4n) is 2.09. The minimum atomic E-state index is 0.181. The van der Waals surface area contributed by atoms with Gasteiger partial charge in [-0.05, 0) is 25.7 Å². The summed E-state index contributed by atoms with van der Waals surface area (Å²) in [5, 5.41) is 3.10. The summed E-state index contributed by atoms with van der Waals surface area (Å²) in [5.41, 5.74) is 1.08. The first kappa shape index (κ1) is 14.7. The molecule has 1 unspecified atom stereocenters. The molecule has 1 aromatic heterocycles. The molecule has 0 aliphatic carbocycles. The van der Waals surface area contributed by atoms with E-state index < -0.39 is 0 Å². The second-order valence-corrected chi connectivity index (χ2v) is 5.06. The summed E-state index contributed by atoms with van der Waals surface area (Å²) >= 11 is 0. The van der Waals surface area contributed by atoms with Crippen molar-refractivity contribution in [2.45, 2.75) is 53.1 Å². The maximum Gasteiger partial charge on any atom is 0.222 e. The van der Waals surface area contributed by atoms with Crippen LogP contribution in [0.15, 0.2) is 6.33 Å². The zero-order valence-corrected chi connectivity index (χ0v) is 12.2. The number of hydrogen-bond acceptors (Lipinski definition) is 4. The van der Waals surface area contributed by atoms with Crippen LogP contribution in [0.2, 0.25) is 0 Å². The SMILES string of the molecule is CCCc1c(NC)ncnc1OC(C)CC(C)C. The minimum Gasteiger partial charge on any atom is -0.474 e. The van der Waals surface area contributed by atoms with Gasteiger partial charge >= 0.3 is 0 Å². The highest BCUT2D eigenvalue weighted by Gasteiger charge is 2.14. The Balaban J connectivity index is 2.86. The number of anilines is 1. The summed E-state index contributed by atoms with van der Waals surface area (Å²) in [6.45, 7) is 8.64. The third-order valence-corrected chi connectivity index (χ3v) is 2.76. The second-order valence-electron chi connectivity index (χ2n) is 5.06. The van der Waals surface area contributed by atoms with Crippen LogP contribution in [-0.2, 0) is 6.42 Å². The molecule has 1 rings (SSSR count). The number of aromatic nitrogens is 2. The average Bonchev–Trinajstić information content (AvgIpc) is 2.30. The average molecular weight is 251 g/mol. The van der Waals surface area contributed by atoms with Crippen LogP contribution in [0.25, 0.3) is 0 Å². The highest BCUT2D eigenvalue weighted by molar-refractivity contribution is 5.48. The molecule has 4 nitrogen and oxygen atoms in total. The van der Waals surface area contributed by atoms with E-state index in [1.807, 2.05) is 7.05 Å². The van der Waals surface area contributed by atoms with Gasteiger partial charge in [0, 0.05) is 7.05 Å². The minimum absolute atomic E-state index is 0.181. The van der Waals surface area contributed by atoms with Crippen molar-refractivity contribution in [1.29, 1.82) is 0 Å². The molecule has 0 aliphatic rings. The highest BCUT2D eigenvalue weighted by Crippen LogP contribution is 2.25. The molecule has 1 atom stereocenters. The molecule has 1 heterocycles. The van der Waals surface area contributed by atoms with E-state index in [-0.39, 0.29) is 6.10 Å². The summed E-state index contributed by atoms with van der Waals surface area (Å²) in [5.74, 6) is 2.23. The molecule has 0 saturated heterocycles. The van der Waals surface area contributed by atoms with Crippen molar-refractivity contribution in [2.75, 3.05) is 12.4 Å². The molecule has 0 spiro atoms. The molecular weight excluding hydrogens is 226 g/mol.